The summed E-state index contributed by atoms with van der Waals surface area (Å²) in [6, 6.07) is 9.84. The third-order valence-electron chi connectivity index (χ3n) is 4.94. The van der Waals surface area contributed by atoms with E-state index in [4.69, 9.17) is 4.74 Å². The molecule has 0 spiro atoms. The van der Waals surface area contributed by atoms with Gasteiger partial charge in [-0.15, -0.1) is 10.2 Å². The molecule has 0 atom stereocenters. The van der Waals surface area contributed by atoms with Gasteiger partial charge < -0.3 is 4.74 Å². The van der Waals surface area contributed by atoms with Crippen molar-refractivity contribution in [3.05, 3.63) is 59.7 Å². The molecule has 3 rings (SSSR count). The molecule has 0 saturated carbocycles. The lowest BCUT2D eigenvalue weighted by atomic mass is 9.77. The summed E-state index contributed by atoms with van der Waals surface area (Å²) in [5, 5.41) is 9.36. The van der Waals surface area contributed by atoms with E-state index in [0.29, 0.717) is 5.75 Å². The monoisotopic (exact) mass is 391 g/mol. The predicted octanol–water partition coefficient (Wildman–Crippen LogP) is 5.42. The summed E-state index contributed by atoms with van der Waals surface area (Å²) < 4.78 is 5.80. The highest BCUT2D eigenvalue weighted by Crippen LogP contribution is 2.44. The standard InChI is InChI=1S/C24H29N3O2/c1-9-20(28)29-22-16(23(3,4)5)14-19(15(2)21(22)24(6,7)8)27-25-17-12-10-11-13-18(17)26-27/h9-14H,1H2,2-8H3. The zero-order chi connectivity index (χ0) is 21.6. The average Bonchev–Trinajstić information content (AvgIpc) is 3.03. The molecule has 1 aromatic heterocycles. The first kappa shape index (κ1) is 20.8. The second-order valence-corrected chi connectivity index (χ2v) is 9.38. The largest absolute Gasteiger partial charge is 0.423 e. The summed E-state index contributed by atoms with van der Waals surface area (Å²) in [5.41, 5.74) is 4.92. The van der Waals surface area contributed by atoms with Crippen LogP contribution in [0.15, 0.2) is 43.0 Å². The number of rotatable bonds is 3. The van der Waals surface area contributed by atoms with E-state index >= 15 is 0 Å². The minimum atomic E-state index is -0.462. The van der Waals surface area contributed by atoms with Gasteiger partial charge in [-0.3, -0.25) is 0 Å². The molecule has 0 amide bonds. The topological polar surface area (TPSA) is 57.0 Å². The number of carbonyl (C=O) groups is 1. The number of carbonyl (C=O) groups excluding carboxylic acids is 1. The van der Waals surface area contributed by atoms with Crippen LogP contribution in [0.2, 0.25) is 0 Å². The Bertz CT molecular complexity index is 1060. The Hall–Kier alpha value is -2.95. The Morgan fingerprint density at radius 2 is 1.59 bits per heavy atom. The molecule has 3 aromatic rings. The van der Waals surface area contributed by atoms with Gasteiger partial charge in [0, 0.05) is 17.2 Å². The van der Waals surface area contributed by atoms with Crippen LogP contribution in [0.1, 0.15) is 58.2 Å². The third-order valence-corrected chi connectivity index (χ3v) is 4.94. The fourth-order valence-corrected chi connectivity index (χ4v) is 3.63. The molecular formula is C24H29N3O2. The maximum absolute atomic E-state index is 12.2. The molecule has 0 N–H and O–H groups in total. The molecular weight excluding hydrogens is 362 g/mol. The van der Waals surface area contributed by atoms with Gasteiger partial charge in [0.25, 0.3) is 0 Å². The van der Waals surface area contributed by atoms with Crippen LogP contribution >= 0.6 is 0 Å². The summed E-state index contributed by atoms with van der Waals surface area (Å²) in [7, 11) is 0. The molecule has 0 radical (unpaired) electrons. The van der Waals surface area contributed by atoms with Crippen molar-refractivity contribution in [2.45, 2.75) is 59.3 Å². The van der Waals surface area contributed by atoms with Crippen LogP contribution in [0.4, 0.5) is 0 Å². The van der Waals surface area contributed by atoms with Crippen molar-refractivity contribution in [2.24, 2.45) is 0 Å². The van der Waals surface area contributed by atoms with Crippen LogP contribution < -0.4 is 4.74 Å². The highest BCUT2D eigenvalue weighted by Gasteiger charge is 2.32. The number of hydrogen-bond acceptors (Lipinski definition) is 4. The Morgan fingerprint density at radius 1 is 1.03 bits per heavy atom. The summed E-state index contributed by atoms with van der Waals surface area (Å²) >= 11 is 0. The lowest BCUT2D eigenvalue weighted by Gasteiger charge is -2.31. The first-order chi connectivity index (χ1) is 13.4. The van der Waals surface area contributed by atoms with Crippen molar-refractivity contribution in [1.82, 2.24) is 15.0 Å². The Kier molecular flexibility index (Phi) is 5.11. The summed E-state index contributed by atoms with van der Waals surface area (Å²) in [4.78, 5) is 13.8. The van der Waals surface area contributed by atoms with E-state index in [1.165, 1.54) is 6.08 Å². The number of nitrogens with zero attached hydrogens (tertiary/aromatic N) is 3. The van der Waals surface area contributed by atoms with Crippen LogP contribution in [-0.2, 0) is 15.6 Å². The van der Waals surface area contributed by atoms with Gasteiger partial charge >= 0.3 is 5.97 Å². The quantitative estimate of drug-likeness (QED) is 0.340. The zero-order valence-corrected chi connectivity index (χ0v) is 18.3. The van der Waals surface area contributed by atoms with Crippen LogP contribution in [0.25, 0.3) is 16.7 Å². The second kappa shape index (κ2) is 7.14. The van der Waals surface area contributed by atoms with Gasteiger partial charge in [0.1, 0.15) is 16.8 Å². The molecule has 5 heteroatoms. The first-order valence-corrected chi connectivity index (χ1v) is 9.78. The molecule has 152 valence electrons. The SMILES string of the molecule is C=CC(=O)Oc1c(C(C)(C)C)cc(-n2nc3ccccc3n2)c(C)c1C(C)(C)C. The molecule has 5 nitrogen and oxygen atoms in total. The summed E-state index contributed by atoms with van der Waals surface area (Å²) in [5.74, 6) is 0.143. The Balaban J connectivity index is 2.39. The van der Waals surface area contributed by atoms with Gasteiger partial charge in [-0.2, -0.15) is 4.80 Å². The lowest BCUT2D eigenvalue weighted by molar-refractivity contribution is -0.129. The number of ether oxygens (including phenoxy) is 1. The smallest absolute Gasteiger partial charge is 0.335 e. The molecule has 1 heterocycles. The predicted molar refractivity (Wildman–Crippen MR) is 117 cm³/mol. The molecule has 29 heavy (non-hydrogen) atoms. The van der Waals surface area contributed by atoms with E-state index in [1.807, 2.05) is 37.3 Å². The fraction of sp³-hybridized carbons (Fsp3) is 0.375. The molecule has 0 saturated heterocycles. The maximum Gasteiger partial charge on any atom is 0.335 e. The van der Waals surface area contributed by atoms with E-state index in [1.54, 1.807) is 4.80 Å². The third kappa shape index (κ3) is 3.95. The number of hydrogen-bond donors (Lipinski definition) is 0. The van der Waals surface area contributed by atoms with Crippen LogP contribution in [-0.4, -0.2) is 21.0 Å². The Morgan fingerprint density at radius 3 is 2.03 bits per heavy atom. The van der Waals surface area contributed by atoms with Gasteiger partial charge in [0.2, 0.25) is 0 Å². The van der Waals surface area contributed by atoms with Gasteiger partial charge in [-0.1, -0.05) is 60.3 Å². The molecule has 0 bridgehead atoms. The number of fused-ring (bicyclic) bond motifs is 1. The summed E-state index contributed by atoms with van der Waals surface area (Å²) in [6.45, 7) is 18.2. The number of benzene rings is 2. The highest BCUT2D eigenvalue weighted by atomic mass is 16.5. The van der Waals surface area contributed by atoms with E-state index < -0.39 is 5.97 Å². The van der Waals surface area contributed by atoms with E-state index in [9.17, 15) is 4.79 Å². The van der Waals surface area contributed by atoms with Crippen LogP contribution in [0.5, 0.6) is 5.75 Å². The van der Waals surface area contributed by atoms with Crippen molar-refractivity contribution in [3.8, 4) is 11.4 Å². The Labute approximate surface area is 172 Å². The van der Waals surface area contributed by atoms with Crippen LogP contribution in [0, 0.1) is 6.92 Å². The van der Waals surface area contributed by atoms with Gasteiger partial charge in [0.05, 0.1) is 5.69 Å². The van der Waals surface area contributed by atoms with Crippen molar-refractivity contribution in [3.63, 3.8) is 0 Å². The van der Waals surface area contributed by atoms with Gasteiger partial charge in [-0.05, 0) is 41.5 Å². The maximum atomic E-state index is 12.2. The minimum absolute atomic E-state index is 0.258. The molecule has 0 fully saturated rings. The van der Waals surface area contributed by atoms with E-state index in [-0.39, 0.29) is 10.8 Å². The molecule has 2 aromatic carbocycles. The highest BCUT2D eigenvalue weighted by molar-refractivity contribution is 5.84. The molecule has 0 unspecified atom stereocenters. The van der Waals surface area contributed by atoms with Gasteiger partial charge in [-0.25, -0.2) is 4.79 Å². The summed E-state index contributed by atoms with van der Waals surface area (Å²) in [6.07, 6.45) is 1.20. The number of esters is 1. The van der Waals surface area contributed by atoms with Crippen molar-refractivity contribution >= 4 is 17.0 Å². The average molecular weight is 392 g/mol. The fourth-order valence-electron chi connectivity index (χ4n) is 3.63. The van der Waals surface area contributed by atoms with Crippen molar-refractivity contribution in [2.75, 3.05) is 0 Å². The zero-order valence-electron chi connectivity index (χ0n) is 18.3. The number of aromatic nitrogens is 3. The molecule has 0 aliphatic carbocycles. The van der Waals surface area contributed by atoms with Crippen molar-refractivity contribution < 1.29 is 9.53 Å². The van der Waals surface area contributed by atoms with E-state index in [0.717, 1.165) is 33.4 Å². The first-order valence-electron chi connectivity index (χ1n) is 9.78. The lowest BCUT2D eigenvalue weighted by Crippen LogP contribution is -2.24. The normalized spacial score (nSPS) is 12.2. The van der Waals surface area contributed by atoms with Gasteiger partial charge in [0.15, 0.2) is 0 Å². The molecule has 0 aliphatic rings. The van der Waals surface area contributed by atoms with Crippen LogP contribution in [0.3, 0.4) is 0 Å². The van der Waals surface area contributed by atoms with Crippen molar-refractivity contribution in [1.29, 1.82) is 0 Å². The molecule has 0 aliphatic heterocycles. The second-order valence-electron chi connectivity index (χ2n) is 9.38. The van der Waals surface area contributed by atoms with E-state index in [2.05, 4.69) is 58.3 Å². The minimum Gasteiger partial charge on any atom is -0.423 e.